The van der Waals surface area contributed by atoms with E-state index in [0.717, 1.165) is 65.7 Å². The second-order valence-electron chi connectivity index (χ2n) is 13.5. The minimum absolute atomic E-state index is 0. The predicted octanol–water partition coefficient (Wildman–Crippen LogP) is -2.05. The first-order valence-electron chi connectivity index (χ1n) is 17.3. The Kier molecular flexibility index (Phi) is 19.2. The summed E-state index contributed by atoms with van der Waals surface area (Å²) in [5.74, 6) is 5.63. The van der Waals surface area contributed by atoms with Gasteiger partial charge in [-0.2, -0.15) is 11.1 Å². The van der Waals surface area contributed by atoms with E-state index in [4.69, 9.17) is 42.6 Å². The Balaban J connectivity index is 0.00000756. The van der Waals surface area contributed by atoms with E-state index in [9.17, 15) is 0 Å². The van der Waals surface area contributed by atoms with Crippen molar-refractivity contribution >= 4 is 23.6 Å². The molecule has 1 unspecified atom stereocenters. The molecule has 0 N–H and O–H groups in total. The minimum Gasteiger partial charge on any atom is -1.00 e. The molecular weight excluding hydrogens is 831 g/mol. The molecule has 0 fully saturated rings. The summed E-state index contributed by atoms with van der Waals surface area (Å²) in [4.78, 5) is 0. The number of ether oxygens (including phenoxy) is 9. The number of methoxy groups -OCH3 is 9. The summed E-state index contributed by atoms with van der Waals surface area (Å²) >= 11 is 0. The fourth-order valence-electron chi connectivity index (χ4n) is 9.09. The molecule has 56 heavy (non-hydrogen) atoms. The van der Waals surface area contributed by atoms with Crippen molar-refractivity contribution in [2.45, 2.75) is 74.3 Å². The fourth-order valence-corrected chi connectivity index (χ4v) is 16.2. The topological polar surface area (TPSA) is 83.1 Å². The largest absolute Gasteiger partial charge is 4.00 e. The first-order chi connectivity index (χ1) is 24.6. The molecule has 0 saturated heterocycles. The maximum absolute atomic E-state index is 6.57. The van der Waals surface area contributed by atoms with Crippen LogP contribution in [0.1, 0.15) is 61.1 Å². The summed E-state index contributed by atoms with van der Waals surface area (Å²) in [5.41, 5.74) is 8.19. The Morgan fingerprint density at radius 2 is 0.571 bits per heavy atom. The summed E-state index contributed by atoms with van der Waals surface area (Å²) < 4.78 is 57.6. The van der Waals surface area contributed by atoms with Crippen molar-refractivity contribution in [2.24, 2.45) is 0 Å². The number of allylic oxidation sites excluding steroid dienone is 4. The van der Waals surface area contributed by atoms with Gasteiger partial charge in [-0.1, -0.05) is 25.8 Å². The van der Waals surface area contributed by atoms with Crippen LogP contribution in [0.25, 0.3) is 0 Å². The van der Waals surface area contributed by atoms with E-state index in [1.165, 1.54) is 0 Å². The second-order valence-corrected chi connectivity index (χ2v) is 17.5. The van der Waals surface area contributed by atoms with Gasteiger partial charge in [0.25, 0.3) is 0 Å². The zero-order valence-corrected chi connectivity index (χ0v) is 41.1. The molecule has 3 aromatic carbocycles. The first kappa shape index (κ1) is 53.1. The summed E-state index contributed by atoms with van der Waals surface area (Å²) in [6.07, 6.45) is 4.05. The SMILES string of the molecule is COc1c(C)c(OC)c([Si](c2c(OC)c(C)c(OC)c(C)c2OC)(c2c(OC)c(C)c(OC)c(C)c2OC)C2(C)[C-]=C(C)C(C)=C2C)c(OC)c1C.[Cl-].[Cl-].[Cl-].[Ti+4]. The van der Waals surface area contributed by atoms with E-state index in [1.807, 2.05) is 41.5 Å². The van der Waals surface area contributed by atoms with Crippen LogP contribution in [0.5, 0.6) is 51.7 Å². The molecule has 0 amide bonds. The van der Waals surface area contributed by atoms with Gasteiger partial charge in [-0.15, -0.1) is 6.92 Å². The quantitative estimate of drug-likeness (QED) is 0.110. The van der Waals surface area contributed by atoms with E-state index in [0.29, 0.717) is 51.7 Å². The number of rotatable bonds is 13. The molecule has 0 radical (unpaired) electrons. The third kappa shape index (κ3) is 7.25. The van der Waals surface area contributed by atoms with Crippen molar-refractivity contribution in [2.75, 3.05) is 64.0 Å². The van der Waals surface area contributed by atoms with Crippen molar-refractivity contribution in [3.05, 3.63) is 56.2 Å². The Labute approximate surface area is 369 Å². The van der Waals surface area contributed by atoms with Gasteiger partial charge in [0.1, 0.15) is 51.7 Å². The predicted molar refractivity (Wildman–Crippen MR) is 211 cm³/mol. The zero-order valence-electron chi connectivity index (χ0n) is 36.3. The monoisotopic (exact) mass is 886 g/mol. The van der Waals surface area contributed by atoms with Gasteiger partial charge in [0.15, 0.2) is 8.07 Å². The normalized spacial score (nSPS) is 14.6. The molecule has 14 heteroatoms. The second kappa shape index (κ2) is 20.2. The van der Waals surface area contributed by atoms with Crippen LogP contribution < -0.4 is 95.4 Å². The van der Waals surface area contributed by atoms with Crippen molar-refractivity contribution in [3.8, 4) is 51.7 Å². The number of hydrogen-bond donors (Lipinski definition) is 0. The third-order valence-electron chi connectivity index (χ3n) is 11.5. The molecule has 1 atom stereocenters. The third-order valence-corrected chi connectivity index (χ3v) is 17.1. The maximum atomic E-state index is 6.57. The Morgan fingerprint density at radius 1 is 0.375 bits per heavy atom. The number of halogens is 3. The van der Waals surface area contributed by atoms with Gasteiger partial charge in [-0.25, -0.2) is 5.57 Å². The summed E-state index contributed by atoms with van der Waals surface area (Å²) in [5, 5.41) is 1.60. The van der Waals surface area contributed by atoms with Gasteiger partial charge in [-0.3, -0.25) is 6.08 Å². The fraction of sp³-hybridized carbons (Fsp3) is 0.476. The van der Waals surface area contributed by atoms with Crippen molar-refractivity contribution in [1.29, 1.82) is 0 Å². The average molecular weight is 888 g/mol. The number of benzene rings is 3. The van der Waals surface area contributed by atoms with Gasteiger partial charge in [0.05, 0.1) is 64.0 Å². The minimum atomic E-state index is -4.06. The van der Waals surface area contributed by atoms with Crippen LogP contribution in [0.3, 0.4) is 0 Å². The van der Waals surface area contributed by atoms with Crippen LogP contribution in [-0.2, 0) is 21.7 Å². The van der Waals surface area contributed by atoms with E-state index in [2.05, 4.69) is 33.8 Å². The molecular formula is C42H57Cl3O9SiTi. The molecule has 0 aliphatic heterocycles. The Hall–Kier alpha value is -2.86. The number of hydrogen-bond acceptors (Lipinski definition) is 9. The molecule has 0 heterocycles. The summed E-state index contributed by atoms with van der Waals surface area (Å²) in [6, 6.07) is 0. The first-order valence-corrected chi connectivity index (χ1v) is 19.3. The summed E-state index contributed by atoms with van der Waals surface area (Å²) in [6.45, 7) is 20.8. The summed E-state index contributed by atoms with van der Waals surface area (Å²) in [7, 11) is 11.1. The van der Waals surface area contributed by atoms with Crippen molar-refractivity contribution < 1.29 is 102 Å². The van der Waals surface area contributed by atoms with Crippen molar-refractivity contribution in [1.82, 2.24) is 0 Å². The van der Waals surface area contributed by atoms with Gasteiger partial charge in [-0.05, 0) is 41.5 Å². The standard InChI is InChI=1S/C42H57O9Si.3ClH.Ti/c1-21-20-42(10,29(9)22(21)2)52(39-33(46-14)23(3)30(43-11)24(4)34(39)47-15,40-35(48-16)25(5)31(44-12)26(6)36(40)49-17)41-37(50-18)27(7)32(45-13)28(8)38(41)51-19;;;;/h1-19H3;3*1H;/q-1;;;;+4/p-3. The molecule has 3 aromatic rings. The van der Waals surface area contributed by atoms with Crippen LogP contribution >= 0.6 is 0 Å². The van der Waals surface area contributed by atoms with Crippen molar-refractivity contribution in [3.63, 3.8) is 0 Å². The molecule has 308 valence electrons. The molecule has 1 aliphatic carbocycles. The molecule has 0 saturated carbocycles. The van der Waals surface area contributed by atoms with E-state index in [-0.39, 0.29) is 58.9 Å². The van der Waals surface area contributed by atoms with Gasteiger partial charge in [0.2, 0.25) is 0 Å². The van der Waals surface area contributed by atoms with E-state index < -0.39 is 13.1 Å². The Bertz CT molecular complexity index is 1720. The molecule has 1 aliphatic rings. The van der Waals surface area contributed by atoms with E-state index in [1.54, 1.807) is 64.0 Å². The van der Waals surface area contributed by atoms with Crippen LogP contribution in [0.4, 0.5) is 0 Å². The van der Waals surface area contributed by atoms with Crippen LogP contribution in [0.2, 0.25) is 5.04 Å². The molecule has 9 nitrogen and oxygen atoms in total. The zero-order chi connectivity index (χ0) is 39.2. The maximum Gasteiger partial charge on any atom is 4.00 e. The molecule has 0 bridgehead atoms. The smallest absolute Gasteiger partial charge is 1.00 e. The van der Waals surface area contributed by atoms with Crippen LogP contribution in [0, 0.1) is 47.6 Å². The molecule has 4 rings (SSSR count). The van der Waals surface area contributed by atoms with Gasteiger partial charge >= 0.3 is 21.7 Å². The molecule has 0 spiro atoms. The van der Waals surface area contributed by atoms with Gasteiger partial charge in [0, 0.05) is 48.9 Å². The van der Waals surface area contributed by atoms with Gasteiger partial charge < -0.3 is 79.9 Å². The van der Waals surface area contributed by atoms with E-state index >= 15 is 0 Å². The Morgan fingerprint density at radius 3 is 0.714 bits per heavy atom. The van der Waals surface area contributed by atoms with Crippen LogP contribution in [0.15, 0.2) is 16.7 Å². The average Bonchev–Trinajstić information content (AvgIpc) is 3.32. The molecule has 0 aromatic heterocycles. The van der Waals surface area contributed by atoms with Crippen LogP contribution in [-0.4, -0.2) is 72.1 Å².